The molecule has 0 saturated heterocycles. The van der Waals surface area contributed by atoms with Gasteiger partial charge in [-0.1, -0.05) is 58.4 Å². The molecule has 0 amide bonds. The van der Waals surface area contributed by atoms with Gasteiger partial charge < -0.3 is 5.11 Å². The van der Waals surface area contributed by atoms with Crippen molar-refractivity contribution in [1.29, 1.82) is 0 Å². The van der Waals surface area contributed by atoms with E-state index in [1.807, 2.05) is 0 Å². The van der Waals surface area contributed by atoms with Crippen LogP contribution in [0.2, 0.25) is 0 Å². The first-order valence-electron chi connectivity index (χ1n) is 6.37. The average molecular weight is 373 g/mol. The van der Waals surface area contributed by atoms with Crippen LogP contribution in [0.4, 0.5) is 13.2 Å². The van der Waals surface area contributed by atoms with Crippen LogP contribution in [0.25, 0.3) is 0 Å². The highest BCUT2D eigenvalue weighted by atomic mass is 79.9. The molecule has 0 aliphatic heterocycles. The Hall–Kier alpha value is -1.66. The largest absolute Gasteiger partial charge is 0.421 e. The van der Waals surface area contributed by atoms with Gasteiger partial charge in [0.2, 0.25) is 0 Å². The molecule has 0 radical (unpaired) electrons. The molecule has 6 heteroatoms. The summed E-state index contributed by atoms with van der Waals surface area (Å²) in [4.78, 5) is 12.1. The molecule has 0 aliphatic rings. The van der Waals surface area contributed by atoms with Crippen molar-refractivity contribution in [2.75, 3.05) is 0 Å². The van der Waals surface area contributed by atoms with E-state index in [-0.39, 0.29) is 11.1 Å². The standard InChI is InChI=1S/C16H12BrF3O2/c17-13-8-6-11(7-9-13)14(21)10-15(22,16(18,19)20)12-4-2-1-3-5-12/h1-9,22H,10H2/t15-/m0/s1. The molecule has 0 bridgehead atoms. The van der Waals surface area contributed by atoms with Crippen LogP contribution in [0.5, 0.6) is 0 Å². The molecule has 116 valence electrons. The quantitative estimate of drug-likeness (QED) is 0.803. The molecule has 22 heavy (non-hydrogen) atoms. The zero-order chi connectivity index (χ0) is 16.4. The lowest BCUT2D eigenvalue weighted by Crippen LogP contribution is -2.44. The number of aliphatic hydroxyl groups is 1. The van der Waals surface area contributed by atoms with Crippen molar-refractivity contribution in [2.24, 2.45) is 0 Å². The van der Waals surface area contributed by atoms with Crippen molar-refractivity contribution in [3.05, 3.63) is 70.2 Å². The third-order valence-electron chi connectivity index (χ3n) is 3.30. The van der Waals surface area contributed by atoms with Crippen LogP contribution >= 0.6 is 15.9 Å². The van der Waals surface area contributed by atoms with Gasteiger partial charge in [-0.05, 0) is 17.7 Å². The summed E-state index contributed by atoms with van der Waals surface area (Å²) < 4.78 is 40.7. The zero-order valence-electron chi connectivity index (χ0n) is 11.3. The minimum atomic E-state index is -4.96. The highest BCUT2D eigenvalue weighted by Crippen LogP contribution is 2.42. The maximum absolute atomic E-state index is 13.3. The Balaban J connectivity index is 2.36. The van der Waals surface area contributed by atoms with Crippen molar-refractivity contribution in [1.82, 2.24) is 0 Å². The number of halogens is 4. The van der Waals surface area contributed by atoms with Crippen molar-refractivity contribution >= 4 is 21.7 Å². The summed E-state index contributed by atoms with van der Waals surface area (Å²) in [5.74, 6) is -0.781. The van der Waals surface area contributed by atoms with Crippen LogP contribution in [0.3, 0.4) is 0 Å². The maximum Gasteiger partial charge on any atom is 0.421 e. The normalized spacial score (nSPS) is 14.4. The smallest absolute Gasteiger partial charge is 0.376 e. The molecule has 0 aromatic heterocycles. The second kappa shape index (κ2) is 6.22. The molecule has 0 saturated carbocycles. The summed E-state index contributed by atoms with van der Waals surface area (Å²) in [6, 6.07) is 12.6. The predicted molar refractivity (Wildman–Crippen MR) is 79.5 cm³/mol. The molecular weight excluding hydrogens is 361 g/mol. The van der Waals surface area contributed by atoms with E-state index in [0.29, 0.717) is 4.47 Å². The van der Waals surface area contributed by atoms with E-state index in [9.17, 15) is 23.1 Å². The predicted octanol–water partition coefficient (Wildman–Crippen LogP) is 4.47. The fourth-order valence-electron chi connectivity index (χ4n) is 2.05. The highest BCUT2D eigenvalue weighted by molar-refractivity contribution is 9.10. The van der Waals surface area contributed by atoms with Gasteiger partial charge in [0.05, 0.1) is 6.42 Å². The minimum Gasteiger partial charge on any atom is -0.376 e. The second-order valence-electron chi connectivity index (χ2n) is 4.83. The molecule has 2 aromatic rings. The first kappa shape index (κ1) is 16.7. The zero-order valence-corrected chi connectivity index (χ0v) is 12.9. The van der Waals surface area contributed by atoms with Crippen molar-refractivity contribution in [3.8, 4) is 0 Å². The van der Waals surface area contributed by atoms with Crippen LogP contribution in [0.1, 0.15) is 22.3 Å². The van der Waals surface area contributed by atoms with Gasteiger partial charge in [0.25, 0.3) is 0 Å². The number of Topliss-reactive ketones (excluding diaryl/α,β-unsaturated/α-hetero) is 1. The van der Waals surface area contributed by atoms with Crippen molar-refractivity contribution in [2.45, 2.75) is 18.2 Å². The lowest BCUT2D eigenvalue weighted by molar-refractivity contribution is -0.264. The van der Waals surface area contributed by atoms with E-state index in [1.165, 1.54) is 30.3 Å². The van der Waals surface area contributed by atoms with Gasteiger partial charge in [0.15, 0.2) is 11.4 Å². The Labute approximate surface area is 133 Å². The van der Waals surface area contributed by atoms with Crippen LogP contribution < -0.4 is 0 Å². The number of alkyl halides is 3. The molecular formula is C16H12BrF3O2. The molecule has 1 N–H and O–H groups in total. The maximum atomic E-state index is 13.3. The molecule has 1 atom stereocenters. The van der Waals surface area contributed by atoms with E-state index in [0.717, 1.165) is 12.1 Å². The fourth-order valence-corrected chi connectivity index (χ4v) is 2.31. The third-order valence-corrected chi connectivity index (χ3v) is 3.83. The first-order chi connectivity index (χ1) is 10.2. The number of benzene rings is 2. The van der Waals surface area contributed by atoms with Gasteiger partial charge in [-0.2, -0.15) is 13.2 Å². The van der Waals surface area contributed by atoms with Crippen LogP contribution in [0, 0.1) is 0 Å². The molecule has 2 nitrogen and oxygen atoms in total. The number of hydrogen-bond donors (Lipinski definition) is 1. The van der Waals surface area contributed by atoms with Gasteiger partial charge in [0, 0.05) is 10.0 Å². The number of carbonyl (C=O) groups excluding carboxylic acids is 1. The number of carbonyl (C=O) groups is 1. The van der Waals surface area contributed by atoms with E-state index in [4.69, 9.17) is 0 Å². The molecule has 0 fully saturated rings. The van der Waals surface area contributed by atoms with E-state index in [2.05, 4.69) is 15.9 Å². The van der Waals surface area contributed by atoms with Gasteiger partial charge in [-0.3, -0.25) is 4.79 Å². The molecule has 0 aliphatic carbocycles. The lowest BCUT2D eigenvalue weighted by atomic mass is 9.86. The van der Waals surface area contributed by atoms with Crippen LogP contribution in [-0.4, -0.2) is 17.1 Å². The summed E-state index contributed by atoms with van der Waals surface area (Å²) >= 11 is 3.18. The Kier molecular flexibility index (Phi) is 4.72. The summed E-state index contributed by atoms with van der Waals surface area (Å²) in [6.07, 6.45) is -6.03. The van der Waals surface area contributed by atoms with Crippen LogP contribution in [0.15, 0.2) is 59.1 Å². The van der Waals surface area contributed by atoms with E-state index in [1.54, 1.807) is 12.1 Å². The topological polar surface area (TPSA) is 37.3 Å². The Morgan fingerprint density at radius 3 is 2.05 bits per heavy atom. The number of rotatable bonds is 4. The van der Waals surface area contributed by atoms with E-state index >= 15 is 0 Å². The summed E-state index contributed by atoms with van der Waals surface area (Å²) in [5.41, 5.74) is -3.45. The number of ketones is 1. The van der Waals surface area contributed by atoms with E-state index < -0.39 is 24.0 Å². The summed E-state index contributed by atoms with van der Waals surface area (Å²) in [7, 11) is 0. The molecule has 0 heterocycles. The van der Waals surface area contributed by atoms with Gasteiger partial charge >= 0.3 is 6.18 Å². The number of hydrogen-bond acceptors (Lipinski definition) is 2. The summed E-state index contributed by atoms with van der Waals surface area (Å²) in [5, 5.41) is 10.2. The van der Waals surface area contributed by atoms with Gasteiger partial charge in [0.1, 0.15) is 0 Å². The monoisotopic (exact) mass is 372 g/mol. The molecule has 0 unspecified atom stereocenters. The molecule has 0 spiro atoms. The Morgan fingerprint density at radius 2 is 1.55 bits per heavy atom. The van der Waals surface area contributed by atoms with Crippen molar-refractivity contribution < 1.29 is 23.1 Å². The Bertz CT molecular complexity index is 653. The first-order valence-corrected chi connectivity index (χ1v) is 7.17. The molecule has 2 rings (SSSR count). The second-order valence-corrected chi connectivity index (χ2v) is 5.75. The summed E-state index contributed by atoms with van der Waals surface area (Å²) in [6.45, 7) is 0. The van der Waals surface area contributed by atoms with Gasteiger partial charge in [-0.15, -0.1) is 0 Å². The highest BCUT2D eigenvalue weighted by Gasteiger charge is 2.55. The van der Waals surface area contributed by atoms with Crippen LogP contribution in [-0.2, 0) is 5.60 Å². The lowest BCUT2D eigenvalue weighted by Gasteiger charge is -2.30. The SMILES string of the molecule is O=C(C[C@](O)(c1ccccc1)C(F)(F)F)c1ccc(Br)cc1. The third kappa shape index (κ3) is 3.39. The van der Waals surface area contributed by atoms with Gasteiger partial charge in [-0.25, -0.2) is 0 Å². The Morgan fingerprint density at radius 1 is 1.00 bits per heavy atom. The average Bonchev–Trinajstić information content (AvgIpc) is 2.47. The molecule has 2 aromatic carbocycles. The van der Waals surface area contributed by atoms with Crippen molar-refractivity contribution in [3.63, 3.8) is 0 Å². The minimum absolute atomic E-state index is 0.113. The fraction of sp³-hybridized carbons (Fsp3) is 0.188.